The molecule has 1 aromatic carbocycles. The molecule has 0 radical (unpaired) electrons. The third-order valence-electron chi connectivity index (χ3n) is 4.83. The van der Waals surface area contributed by atoms with E-state index in [1.54, 1.807) is 16.2 Å². The van der Waals surface area contributed by atoms with Crippen molar-refractivity contribution in [3.63, 3.8) is 0 Å². The van der Waals surface area contributed by atoms with Gasteiger partial charge >= 0.3 is 5.69 Å². The van der Waals surface area contributed by atoms with Crippen molar-refractivity contribution in [1.29, 1.82) is 0 Å². The van der Waals surface area contributed by atoms with E-state index in [0.717, 1.165) is 22.8 Å². The van der Waals surface area contributed by atoms with Crippen molar-refractivity contribution in [2.24, 2.45) is 7.05 Å². The quantitative estimate of drug-likeness (QED) is 0.670. The molecule has 2 heterocycles. The minimum absolute atomic E-state index is 0.0496. The maximum Gasteiger partial charge on any atom is 0.329 e. The second kappa shape index (κ2) is 6.75. The maximum absolute atomic E-state index is 12.9. The Morgan fingerprint density at radius 3 is 2.64 bits per heavy atom. The summed E-state index contributed by atoms with van der Waals surface area (Å²) in [6.45, 7) is 6.68. The Morgan fingerprint density at radius 1 is 1.28 bits per heavy atom. The molecule has 1 N–H and O–H groups in total. The van der Waals surface area contributed by atoms with E-state index in [1.807, 2.05) is 12.1 Å². The molecule has 0 bridgehead atoms. The van der Waals surface area contributed by atoms with E-state index in [4.69, 9.17) is 0 Å². The summed E-state index contributed by atoms with van der Waals surface area (Å²) in [6, 6.07) is 5.27. The Balaban J connectivity index is 2.16. The van der Waals surface area contributed by atoms with E-state index < -0.39 is 11.9 Å². The molecule has 2 amide bonds. The highest BCUT2D eigenvalue weighted by Crippen LogP contribution is 2.35. The van der Waals surface area contributed by atoms with Gasteiger partial charge in [-0.05, 0) is 43.5 Å². The second-order valence-corrected chi connectivity index (χ2v) is 9.58. The predicted octanol–water partition coefficient (Wildman–Crippen LogP) is 2.16. The molecule has 1 fully saturated rings. The molecule has 0 spiro atoms. The number of rotatable bonds is 4. The van der Waals surface area contributed by atoms with Crippen LogP contribution in [0.4, 0.5) is 0 Å². The molecular weight excluding hydrogens is 337 g/mol. The lowest BCUT2D eigenvalue weighted by atomic mass is 10.0. The molecule has 1 aliphatic heterocycles. The zero-order valence-electron chi connectivity index (χ0n) is 15.1. The van der Waals surface area contributed by atoms with Crippen molar-refractivity contribution >= 4 is 30.8 Å². The van der Waals surface area contributed by atoms with E-state index in [1.165, 1.54) is 0 Å². The average Bonchev–Trinajstić information content (AvgIpc) is 2.79. The van der Waals surface area contributed by atoms with E-state index >= 15 is 0 Å². The number of carbonyl (C=O) groups is 2. The van der Waals surface area contributed by atoms with Crippen LogP contribution in [0, 0.1) is 0 Å². The van der Waals surface area contributed by atoms with E-state index in [2.05, 4.69) is 31.6 Å². The van der Waals surface area contributed by atoms with Gasteiger partial charge in [-0.1, -0.05) is 19.1 Å². The van der Waals surface area contributed by atoms with Gasteiger partial charge in [0, 0.05) is 13.5 Å². The van der Waals surface area contributed by atoms with Gasteiger partial charge in [0.05, 0.1) is 11.0 Å². The van der Waals surface area contributed by atoms with Gasteiger partial charge in [-0.2, -0.15) is 0 Å². The van der Waals surface area contributed by atoms with Gasteiger partial charge in [0.1, 0.15) is 6.04 Å². The van der Waals surface area contributed by atoms with Gasteiger partial charge in [-0.15, -0.1) is 7.92 Å². The van der Waals surface area contributed by atoms with Crippen molar-refractivity contribution in [3.05, 3.63) is 34.2 Å². The number of imidazole rings is 1. The Morgan fingerprint density at radius 2 is 2.00 bits per heavy atom. The fourth-order valence-electron chi connectivity index (χ4n) is 3.74. The van der Waals surface area contributed by atoms with Crippen LogP contribution in [0.1, 0.15) is 37.3 Å². The third kappa shape index (κ3) is 3.15. The summed E-state index contributed by atoms with van der Waals surface area (Å²) < 4.78 is 3.19. The summed E-state index contributed by atoms with van der Waals surface area (Å²) >= 11 is 0. The number of para-hydroxylation sites is 1. The van der Waals surface area contributed by atoms with Gasteiger partial charge in [0.15, 0.2) is 0 Å². The van der Waals surface area contributed by atoms with Gasteiger partial charge in [-0.3, -0.25) is 24.0 Å². The fraction of sp³-hybridized carbons (Fsp3) is 0.500. The molecule has 3 rings (SSSR count). The first-order valence-electron chi connectivity index (χ1n) is 8.49. The number of amides is 2. The standard InChI is InChI=1S/C18H24N3O3P/c1-11(10-25(3)4)12-6-5-7-13-16(12)20(2)18(24)21(13)14-8-9-15(22)19-17(14)23/h5-7,11,14H,8-10H2,1-4H3,(H,19,22,23). The lowest BCUT2D eigenvalue weighted by molar-refractivity contribution is -0.135. The summed E-state index contributed by atoms with van der Waals surface area (Å²) in [4.78, 5) is 36.6. The van der Waals surface area contributed by atoms with Gasteiger partial charge in [-0.25, -0.2) is 4.79 Å². The van der Waals surface area contributed by atoms with Gasteiger partial charge < -0.3 is 0 Å². The molecule has 2 atom stereocenters. The summed E-state index contributed by atoms with van der Waals surface area (Å²) in [6.07, 6.45) is 1.70. The highest BCUT2D eigenvalue weighted by molar-refractivity contribution is 7.56. The van der Waals surface area contributed by atoms with Crippen molar-refractivity contribution < 1.29 is 9.59 Å². The highest BCUT2D eigenvalue weighted by Gasteiger charge is 2.31. The lowest BCUT2D eigenvalue weighted by Crippen LogP contribution is -2.44. The minimum atomic E-state index is -0.631. The molecule has 2 unspecified atom stereocenters. The number of nitrogens with one attached hydrogen (secondary N) is 1. The number of hydrogen-bond acceptors (Lipinski definition) is 3. The van der Waals surface area contributed by atoms with E-state index in [0.29, 0.717) is 12.3 Å². The molecule has 1 saturated heterocycles. The van der Waals surface area contributed by atoms with Crippen LogP contribution in [0.3, 0.4) is 0 Å². The maximum atomic E-state index is 12.9. The molecule has 2 aromatic rings. The average molecular weight is 361 g/mol. The number of aromatic nitrogens is 2. The van der Waals surface area contributed by atoms with Crippen molar-refractivity contribution in [2.75, 3.05) is 19.5 Å². The number of benzene rings is 1. The number of fused-ring (bicyclic) bond motifs is 1. The van der Waals surface area contributed by atoms with Crippen LogP contribution in [0.25, 0.3) is 11.0 Å². The topological polar surface area (TPSA) is 73.1 Å². The van der Waals surface area contributed by atoms with Crippen LogP contribution in [0.15, 0.2) is 23.0 Å². The Hall–Kier alpha value is -1.94. The molecule has 7 heteroatoms. The molecule has 134 valence electrons. The molecule has 0 saturated carbocycles. The Bertz CT molecular complexity index is 897. The first-order valence-corrected chi connectivity index (χ1v) is 10.9. The highest BCUT2D eigenvalue weighted by atomic mass is 31.1. The van der Waals surface area contributed by atoms with Gasteiger partial charge in [0.2, 0.25) is 11.8 Å². The Labute approximate surface area is 148 Å². The van der Waals surface area contributed by atoms with Crippen LogP contribution >= 0.6 is 7.92 Å². The van der Waals surface area contributed by atoms with E-state index in [-0.39, 0.29) is 25.9 Å². The number of nitrogens with zero attached hydrogens (tertiary/aromatic N) is 2. The largest absolute Gasteiger partial charge is 0.329 e. The van der Waals surface area contributed by atoms with Crippen LogP contribution in [-0.4, -0.2) is 40.4 Å². The molecule has 25 heavy (non-hydrogen) atoms. The third-order valence-corrected chi connectivity index (χ3v) is 6.10. The summed E-state index contributed by atoms with van der Waals surface area (Å²) in [5, 5.41) is 2.35. The number of aryl methyl sites for hydroxylation is 1. The van der Waals surface area contributed by atoms with Crippen molar-refractivity contribution in [2.45, 2.75) is 31.7 Å². The van der Waals surface area contributed by atoms with Crippen molar-refractivity contribution in [3.8, 4) is 0 Å². The molecule has 0 aliphatic carbocycles. The zero-order valence-corrected chi connectivity index (χ0v) is 16.0. The first-order chi connectivity index (χ1) is 11.8. The minimum Gasteiger partial charge on any atom is -0.295 e. The van der Waals surface area contributed by atoms with Crippen LogP contribution in [0.5, 0.6) is 0 Å². The monoisotopic (exact) mass is 361 g/mol. The number of carbonyl (C=O) groups excluding carboxylic acids is 2. The smallest absolute Gasteiger partial charge is 0.295 e. The zero-order chi connectivity index (χ0) is 18.3. The molecule has 1 aliphatic rings. The van der Waals surface area contributed by atoms with Crippen LogP contribution in [0.2, 0.25) is 0 Å². The molecule has 1 aromatic heterocycles. The Kier molecular flexibility index (Phi) is 4.83. The number of piperidine rings is 1. The van der Waals surface area contributed by atoms with Crippen molar-refractivity contribution in [1.82, 2.24) is 14.5 Å². The molecular formula is C18H24N3O3P. The predicted molar refractivity (Wildman–Crippen MR) is 101 cm³/mol. The summed E-state index contributed by atoms with van der Waals surface area (Å²) in [5.74, 6) is -0.328. The fourth-order valence-corrected chi connectivity index (χ4v) is 5.03. The van der Waals surface area contributed by atoms with Crippen LogP contribution < -0.4 is 11.0 Å². The molecule has 6 nitrogen and oxygen atoms in total. The first kappa shape index (κ1) is 17.9. The van der Waals surface area contributed by atoms with E-state index in [9.17, 15) is 14.4 Å². The SMILES string of the molecule is CC(CP(C)C)c1cccc2c1n(C)c(=O)n2C1CCC(=O)NC1=O. The lowest BCUT2D eigenvalue weighted by Gasteiger charge is -2.22. The number of imide groups is 1. The van der Waals surface area contributed by atoms with Gasteiger partial charge in [0.25, 0.3) is 0 Å². The second-order valence-electron chi connectivity index (χ2n) is 7.06. The summed E-state index contributed by atoms with van der Waals surface area (Å²) in [7, 11) is 1.70. The summed E-state index contributed by atoms with van der Waals surface area (Å²) in [5.41, 5.74) is 2.59. The van der Waals surface area contributed by atoms with Crippen LogP contribution in [-0.2, 0) is 16.6 Å². The normalized spacial score (nSPS) is 19.5. The number of hydrogen-bond donors (Lipinski definition) is 1.